The number of nitrogens with zero attached hydrogens (tertiary/aromatic N) is 2. The highest BCUT2D eigenvalue weighted by Gasteiger charge is 2.19. The molecular formula is C16H24N2O3. The van der Waals surface area contributed by atoms with Gasteiger partial charge in [0.1, 0.15) is 11.3 Å². The van der Waals surface area contributed by atoms with E-state index in [0.29, 0.717) is 6.04 Å². The Balaban J connectivity index is 2.01. The Morgan fingerprint density at radius 3 is 2.76 bits per heavy atom. The van der Waals surface area contributed by atoms with Gasteiger partial charge >= 0.3 is 5.97 Å². The number of hydrogen-bond donors (Lipinski definition) is 2. The molecule has 21 heavy (non-hydrogen) atoms. The zero-order valence-corrected chi connectivity index (χ0v) is 12.7. The first kappa shape index (κ1) is 15.8. The highest BCUT2D eigenvalue weighted by Crippen LogP contribution is 2.21. The van der Waals surface area contributed by atoms with Crippen LogP contribution in [-0.2, 0) is 6.54 Å². The molecule has 0 saturated carbocycles. The molecule has 1 aromatic carbocycles. The fourth-order valence-electron chi connectivity index (χ4n) is 2.92. The van der Waals surface area contributed by atoms with Crippen LogP contribution < -0.4 is 0 Å². The van der Waals surface area contributed by atoms with Crippen LogP contribution in [0, 0.1) is 0 Å². The van der Waals surface area contributed by atoms with Crippen molar-refractivity contribution in [1.29, 1.82) is 0 Å². The molecule has 1 aromatic rings. The van der Waals surface area contributed by atoms with Crippen molar-refractivity contribution in [2.45, 2.75) is 31.8 Å². The maximum atomic E-state index is 11.1. The topological polar surface area (TPSA) is 64.0 Å². The summed E-state index contributed by atoms with van der Waals surface area (Å²) in [5.74, 6) is -1.26. The van der Waals surface area contributed by atoms with Gasteiger partial charge in [-0.3, -0.25) is 4.90 Å². The average Bonchev–Trinajstić information content (AvgIpc) is 2.66. The first-order chi connectivity index (χ1) is 9.97. The summed E-state index contributed by atoms with van der Waals surface area (Å²) in [6, 6.07) is 5.48. The summed E-state index contributed by atoms with van der Waals surface area (Å²) in [4.78, 5) is 15.7. The summed E-state index contributed by atoms with van der Waals surface area (Å²) in [6.07, 6.45) is 3.50. The smallest absolute Gasteiger partial charge is 0.339 e. The molecule has 1 saturated heterocycles. The molecule has 0 spiro atoms. The van der Waals surface area contributed by atoms with Crippen LogP contribution >= 0.6 is 0 Å². The summed E-state index contributed by atoms with van der Waals surface area (Å²) < 4.78 is 0. The van der Waals surface area contributed by atoms with Crippen molar-refractivity contribution in [2.75, 3.05) is 27.2 Å². The number of carboxylic acid groups (broad SMARTS) is 1. The third-order valence-corrected chi connectivity index (χ3v) is 4.22. The van der Waals surface area contributed by atoms with Crippen molar-refractivity contribution in [1.82, 2.24) is 9.80 Å². The van der Waals surface area contributed by atoms with Gasteiger partial charge in [0.25, 0.3) is 0 Å². The second-order valence-electron chi connectivity index (χ2n) is 5.98. The summed E-state index contributed by atoms with van der Waals surface area (Å²) in [5.41, 5.74) is 0.919. The Kier molecular flexibility index (Phi) is 5.20. The lowest BCUT2D eigenvalue weighted by molar-refractivity contribution is 0.0693. The molecule has 116 valence electrons. The van der Waals surface area contributed by atoms with E-state index in [4.69, 9.17) is 5.11 Å². The number of carbonyl (C=O) groups is 1. The lowest BCUT2D eigenvalue weighted by atomic mass is 10.1. The Bertz CT molecular complexity index is 502. The van der Waals surface area contributed by atoms with Crippen LogP contribution in [0.4, 0.5) is 0 Å². The number of likely N-dealkylation sites (tertiary alicyclic amines) is 1. The highest BCUT2D eigenvalue weighted by molar-refractivity contribution is 5.90. The molecule has 0 radical (unpaired) electrons. The van der Waals surface area contributed by atoms with Crippen LogP contribution in [0.15, 0.2) is 18.2 Å². The first-order valence-electron chi connectivity index (χ1n) is 7.41. The summed E-state index contributed by atoms with van der Waals surface area (Å²) in [6.45, 7) is 2.79. The number of aromatic carboxylic acids is 1. The largest absolute Gasteiger partial charge is 0.507 e. The SMILES string of the molecule is CN(C)[C@@H]1CCCN(Cc2ccc(O)c(C(=O)O)c2)CC1. The maximum Gasteiger partial charge on any atom is 0.339 e. The normalized spacial score (nSPS) is 20.4. The van der Waals surface area contributed by atoms with E-state index in [1.807, 2.05) is 0 Å². The minimum Gasteiger partial charge on any atom is -0.507 e. The Morgan fingerprint density at radius 2 is 2.10 bits per heavy atom. The molecule has 1 atom stereocenters. The molecule has 0 unspecified atom stereocenters. The molecule has 0 bridgehead atoms. The van der Waals surface area contributed by atoms with Crippen molar-refractivity contribution < 1.29 is 15.0 Å². The van der Waals surface area contributed by atoms with Crippen molar-refractivity contribution in [2.24, 2.45) is 0 Å². The number of phenols is 1. The predicted molar refractivity (Wildman–Crippen MR) is 81.7 cm³/mol. The van der Waals surface area contributed by atoms with Crippen LogP contribution in [0.5, 0.6) is 5.75 Å². The third kappa shape index (κ3) is 4.19. The van der Waals surface area contributed by atoms with Gasteiger partial charge in [0.2, 0.25) is 0 Å². The van der Waals surface area contributed by atoms with Crippen LogP contribution in [0.3, 0.4) is 0 Å². The molecular weight excluding hydrogens is 268 g/mol. The predicted octanol–water partition coefficient (Wildman–Crippen LogP) is 2.01. The maximum absolute atomic E-state index is 11.1. The lowest BCUT2D eigenvalue weighted by Crippen LogP contribution is -2.30. The van der Waals surface area contributed by atoms with Gasteiger partial charge < -0.3 is 15.1 Å². The Morgan fingerprint density at radius 1 is 1.33 bits per heavy atom. The van der Waals surface area contributed by atoms with Crippen LogP contribution in [0.25, 0.3) is 0 Å². The van der Waals surface area contributed by atoms with Crippen molar-refractivity contribution in [3.05, 3.63) is 29.3 Å². The second kappa shape index (κ2) is 6.91. The highest BCUT2D eigenvalue weighted by atomic mass is 16.4. The fourth-order valence-corrected chi connectivity index (χ4v) is 2.92. The standard InChI is InChI=1S/C16H24N2O3/c1-17(2)13-4-3-8-18(9-7-13)11-12-5-6-15(19)14(10-12)16(20)21/h5-6,10,13,19H,3-4,7-9,11H2,1-2H3,(H,20,21)/t13-/m1/s1. The van der Waals surface area contributed by atoms with Gasteiger partial charge in [-0.15, -0.1) is 0 Å². The van der Waals surface area contributed by atoms with E-state index in [2.05, 4.69) is 23.9 Å². The van der Waals surface area contributed by atoms with Gasteiger partial charge in [-0.05, 0) is 64.1 Å². The van der Waals surface area contributed by atoms with Crippen molar-refractivity contribution in [3.8, 4) is 5.75 Å². The van der Waals surface area contributed by atoms with Gasteiger partial charge in [0.15, 0.2) is 0 Å². The van der Waals surface area contributed by atoms with E-state index < -0.39 is 5.97 Å². The van der Waals surface area contributed by atoms with Crippen LogP contribution in [-0.4, -0.2) is 59.2 Å². The molecule has 0 amide bonds. The molecule has 1 heterocycles. The van der Waals surface area contributed by atoms with E-state index in [0.717, 1.165) is 38.0 Å². The van der Waals surface area contributed by atoms with Gasteiger partial charge in [-0.25, -0.2) is 4.79 Å². The minimum atomic E-state index is -1.09. The van der Waals surface area contributed by atoms with Gasteiger partial charge in [-0.1, -0.05) is 6.07 Å². The Labute approximate surface area is 125 Å². The van der Waals surface area contributed by atoms with Gasteiger partial charge in [0.05, 0.1) is 0 Å². The number of rotatable bonds is 4. The monoisotopic (exact) mass is 292 g/mol. The number of aromatic hydroxyl groups is 1. The minimum absolute atomic E-state index is 0.0199. The van der Waals surface area contributed by atoms with Crippen molar-refractivity contribution in [3.63, 3.8) is 0 Å². The van der Waals surface area contributed by atoms with E-state index in [1.54, 1.807) is 12.1 Å². The van der Waals surface area contributed by atoms with Gasteiger partial charge in [0, 0.05) is 12.6 Å². The number of carboxylic acids is 1. The number of hydrogen-bond acceptors (Lipinski definition) is 4. The molecule has 0 aliphatic carbocycles. The third-order valence-electron chi connectivity index (χ3n) is 4.22. The van der Waals surface area contributed by atoms with Crippen LogP contribution in [0.2, 0.25) is 0 Å². The fraction of sp³-hybridized carbons (Fsp3) is 0.562. The molecule has 5 heteroatoms. The first-order valence-corrected chi connectivity index (χ1v) is 7.41. The zero-order valence-electron chi connectivity index (χ0n) is 12.7. The molecule has 2 rings (SSSR count). The van der Waals surface area contributed by atoms with E-state index in [-0.39, 0.29) is 11.3 Å². The average molecular weight is 292 g/mol. The number of benzene rings is 1. The zero-order chi connectivity index (χ0) is 15.4. The van der Waals surface area contributed by atoms with Gasteiger partial charge in [-0.2, -0.15) is 0 Å². The Hall–Kier alpha value is -1.59. The summed E-state index contributed by atoms with van der Waals surface area (Å²) >= 11 is 0. The van der Waals surface area contributed by atoms with E-state index >= 15 is 0 Å². The quantitative estimate of drug-likeness (QED) is 0.889. The second-order valence-corrected chi connectivity index (χ2v) is 5.98. The van der Waals surface area contributed by atoms with E-state index in [1.165, 1.54) is 12.5 Å². The van der Waals surface area contributed by atoms with E-state index in [9.17, 15) is 9.90 Å². The molecule has 1 fully saturated rings. The lowest BCUT2D eigenvalue weighted by Gasteiger charge is -2.23. The van der Waals surface area contributed by atoms with Crippen LogP contribution in [0.1, 0.15) is 35.2 Å². The van der Waals surface area contributed by atoms with Crippen molar-refractivity contribution >= 4 is 5.97 Å². The molecule has 1 aliphatic heterocycles. The molecule has 5 nitrogen and oxygen atoms in total. The molecule has 1 aliphatic rings. The summed E-state index contributed by atoms with van der Waals surface area (Å²) in [7, 11) is 4.25. The molecule has 2 N–H and O–H groups in total. The molecule has 0 aromatic heterocycles. The summed E-state index contributed by atoms with van der Waals surface area (Å²) in [5, 5.41) is 18.6.